The van der Waals surface area contributed by atoms with Gasteiger partial charge in [-0.15, -0.1) is 0 Å². The summed E-state index contributed by atoms with van der Waals surface area (Å²) in [6.45, 7) is 4.35. The van der Waals surface area contributed by atoms with E-state index < -0.39 is 0 Å². The molecular formula is C12H18N2. The van der Waals surface area contributed by atoms with Crippen LogP contribution in [0.4, 0.5) is 0 Å². The van der Waals surface area contributed by atoms with Crippen molar-refractivity contribution < 1.29 is 0 Å². The second kappa shape index (κ2) is 4.27. The molecule has 1 aromatic rings. The molecule has 0 aliphatic rings. The topological polar surface area (TPSA) is 27.1 Å². The zero-order valence-corrected chi connectivity index (χ0v) is 9.33. The van der Waals surface area contributed by atoms with Crippen molar-refractivity contribution in [2.24, 2.45) is 0 Å². The van der Waals surface area contributed by atoms with Crippen LogP contribution in [0.3, 0.4) is 0 Å². The normalized spacial score (nSPS) is 10.4. The smallest absolute Gasteiger partial charge is 0.127 e. The summed E-state index contributed by atoms with van der Waals surface area (Å²) in [6, 6.07) is 8.21. The first-order valence-electron chi connectivity index (χ1n) is 4.88. The lowest BCUT2D eigenvalue weighted by Gasteiger charge is -2.14. The lowest BCUT2D eigenvalue weighted by Crippen LogP contribution is -2.21. The van der Waals surface area contributed by atoms with Crippen molar-refractivity contribution in [1.82, 2.24) is 4.90 Å². The lowest BCUT2D eigenvalue weighted by atomic mass is 10.0. The van der Waals surface area contributed by atoms with Crippen molar-refractivity contribution in [2.75, 3.05) is 14.1 Å². The highest BCUT2D eigenvalue weighted by Crippen LogP contribution is 2.15. The van der Waals surface area contributed by atoms with Crippen LogP contribution in [-0.4, -0.2) is 24.8 Å². The van der Waals surface area contributed by atoms with Gasteiger partial charge in [0.1, 0.15) is 5.84 Å². The molecule has 14 heavy (non-hydrogen) atoms. The number of nitrogens with zero attached hydrogens (tertiary/aromatic N) is 1. The van der Waals surface area contributed by atoms with Crippen molar-refractivity contribution in [3.8, 4) is 0 Å². The Labute approximate surface area is 86.1 Å². The second-order valence-corrected chi connectivity index (χ2v) is 4.02. The Kier molecular flexibility index (Phi) is 3.28. The summed E-state index contributed by atoms with van der Waals surface area (Å²) in [5, 5.41) is 7.79. The molecule has 1 aromatic carbocycles. The molecular weight excluding hydrogens is 172 g/mol. The number of rotatable bonds is 2. The van der Waals surface area contributed by atoms with Crippen LogP contribution >= 0.6 is 0 Å². The van der Waals surface area contributed by atoms with E-state index in [1.165, 1.54) is 5.56 Å². The maximum atomic E-state index is 7.79. The van der Waals surface area contributed by atoms with Gasteiger partial charge in [0.25, 0.3) is 0 Å². The molecule has 2 heteroatoms. The van der Waals surface area contributed by atoms with Crippen LogP contribution < -0.4 is 0 Å². The zero-order chi connectivity index (χ0) is 10.7. The number of benzene rings is 1. The summed E-state index contributed by atoms with van der Waals surface area (Å²) in [5.41, 5.74) is 2.29. The predicted molar refractivity (Wildman–Crippen MR) is 61.0 cm³/mol. The Bertz CT molecular complexity index is 310. The van der Waals surface area contributed by atoms with E-state index in [9.17, 15) is 0 Å². The minimum Gasteiger partial charge on any atom is -0.363 e. The third kappa shape index (κ3) is 2.34. The van der Waals surface area contributed by atoms with Crippen molar-refractivity contribution in [1.29, 1.82) is 5.41 Å². The molecule has 0 fully saturated rings. The molecule has 0 aliphatic heterocycles. The van der Waals surface area contributed by atoms with E-state index in [1.54, 1.807) is 0 Å². The molecule has 0 unspecified atom stereocenters. The Hall–Kier alpha value is -1.31. The molecule has 0 spiro atoms. The molecule has 0 heterocycles. The van der Waals surface area contributed by atoms with Crippen molar-refractivity contribution in [3.05, 3.63) is 35.4 Å². The summed E-state index contributed by atoms with van der Waals surface area (Å²) in [7, 11) is 3.78. The second-order valence-electron chi connectivity index (χ2n) is 4.02. The van der Waals surface area contributed by atoms with Gasteiger partial charge in [0.15, 0.2) is 0 Å². The highest BCUT2D eigenvalue weighted by Gasteiger charge is 2.04. The van der Waals surface area contributed by atoms with Gasteiger partial charge in [-0.05, 0) is 11.5 Å². The van der Waals surface area contributed by atoms with Gasteiger partial charge in [-0.1, -0.05) is 38.1 Å². The molecule has 1 rings (SSSR count). The summed E-state index contributed by atoms with van der Waals surface area (Å²) in [6.07, 6.45) is 0. The minimum atomic E-state index is 0.553. The van der Waals surface area contributed by atoms with Gasteiger partial charge in [-0.3, -0.25) is 5.41 Å². The average molecular weight is 190 g/mol. The zero-order valence-electron chi connectivity index (χ0n) is 9.33. The predicted octanol–water partition coefficient (Wildman–Crippen LogP) is 2.70. The van der Waals surface area contributed by atoms with Crippen molar-refractivity contribution in [2.45, 2.75) is 19.8 Å². The van der Waals surface area contributed by atoms with Gasteiger partial charge in [-0.2, -0.15) is 0 Å². The van der Waals surface area contributed by atoms with Gasteiger partial charge < -0.3 is 4.90 Å². The first-order valence-corrected chi connectivity index (χ1v) is 4.88. The Morgan fingerprint density at radius 3 is 2.00 bits per heavy atom. The van der Waals surface area contributed by atoms with E-state index in [0.29, 0.717) is 11.8 Å². The Morgan fingerprint density at radius 2 is 1.64 bits per heavy atom. The fourth-order valence-corrected chi connectivity index (χ4v) is 1.28. The average Bonchev–Trinajstić information content (AvgIpc) is 2.16. The molecule has 0 saturated carbocycles. The summed E-state index contributed by atoms with van der Waals surface area (Å²) in [4.78, 5) is 1.81. The molecule has 0 saturated heterocycles. The lowest BCUT2D eigenvalue weighted by molar-refractivity contribution is 0.619. The summed E-state index contributed by atoms with van der Waals surface area (Å²) in [5.74, 6) is 1.11. The van der Waals surface area contributed by atoms with Crippen LogP contribution in [0, 0.1) is 5.41 Å². The molecule has 0 bridgehead atoms. The van der Waals surface area contributed by atoms with E-state index in [0.717, 1.165) is 5.56 Å². The molecule has 0 aromatic heterocycles. The number of nitrogens with one attached hydrogen (secondary N) is 1. The van der Waals surface area contributed by atoms with E-state index in [1.807, 2.05) is 31.1 Å². The number of amidine groups is 1. The van der Waals surface area contributed by atoms with Crippen LogP contribution in [0.1, 0.15) is 30.9 Å². The van der Waals surface area contributed by atoms with Crippen LogP contribution in [-0.2, 0) is 0 Å². The first kappa shape index (κ1) is 10.8. The van der Waals surface area contributed by atoms with Gasteiger partial charge in [0.2, 0.25) is 0 Å². The maximum Gasteiger partial charge on any atom is 0.127 e. The summed E-state index contributed by atoms with van der Waals surface area (Å²) >= 11 is 0. The molecule has 76 valence electrons. The number of hydrogen-bond acceptors (Lipinski definition) is 1. The Morgan fingerprint density at radius 1 is 1.14 bits per heavy atom. The number of hydrogen-bond donors (Lipinski definition) is 1. The van der Waals surface area contributed by atoms with Crippen molar-refractivity contribution >= 4 is 5.84 Å². The molecule has 2 nitrogen and oxygen atoms in total. The SMILES string of the molecule is CC(C)c1ccc(C(=N)N(C)C)cc1. The van der Waals surface area contributed by atoms with Crippen LogP contribution in [0.15, 0.2) is 24.3 Å². The van der Waals surface area contributed by atoms with Crippen LogP contribution in [0.5, 0.6) is 0 Å². The first-order chi connectivity index (χ1) is 6.52. The van der Waals surface area contributed by atoms with E-state index in [-0.39, 0.29) is 0 Å². The third-order valence-corrected chi connectivity index (χ3v) is 2.30. The van der Waals surface area contributed by atoms with E-state index in [4.69, 9.17) is 5.41 Å². The highest BCUT2D eigenvalue weighted by atomic mass is 15.1. The van der Waals surface area contributed by atoms with E-state index in [2.05, 4.69) is 26.0 Å². The van der Waals surface area contributed by atoms with Gasteiger partial charge in [0, 0.05) is 19.7 Å². The molecule has 0 atom stereocenters. The molecule has 0 aliphatic carbocycles. The Balaban J connectivity index is 2.89. The third-order valence-electron chi connectivity index (χ3n) is 2.30. The fourth-order valence-electron chi connectivity index (χ4n) is 1.28. The largest absolute Gasteiger partial charge is 0.363 e. The maximum absolute atomic E-state index is 7.79. The highest BCUT2D eigenvalue weighted by molar-refractivity contribution is 5.95. The van der Waals surface area contributed by atoms with Crippen molar-refractivity contribution in [3.63, 3.8) is 0 Å². The monoisotopic (exact) mass is 190 g/mol. The van der Waals surface area contributed by atoms with E-state index >= 15 is 0 Å². The fraction of sp³-hybridized carbons (Fsp3) is 0.417. The molecule has 0 amide bonds. The minimum absolute atomic E-state index is 0.553. The molecule has 1 N–H and O–H groups in total. The van der Waals surface area contributed by atoms with Gasteiger partial charge >= 0.3 is 0 Å². The van der Waals surface area contributed by atoms with Gasteiger partial charge in [-0.25, -0.2) is 0 Å². The van der Waals surface area contributed by atoms with Crippen LogP contribution in [0.2, 0.25) is 0 Å². The summed E-state index contributed by atoms with van der Waals surface area (Å²) < 4.78 is 0. The quantitative estimate of drug-likeness (QED) is 0.563. The van der Waals surface area contributed by atoms with Gasteiger partial charge in [0.05, 0.1) is 0 Å². The van der Waals surface area contributed by atoms with Crippen LogP contribution in [0.25, 0.3) is 0 Å². The standard InChI is InChI=1S/C12H18N2/c1-9(2)10-5-7-11(8-6-10)12(13)14(3)4/h5-9,13H,1-4H3. The molecule has 0 radical (unpaired) electrons.